The Morgan fingerprint density at radius 2 is 0.830 bits per heavy atom. The third kappa shape index (κ3) is 4.68. The molecule has 0 amide bonds. The second-order valence-corrected chi connectivity index (χ2v) is 13.6. The molecule has 0 saturated carbocycles. The lowest BCUT2D eigenvalue weighted by atomic mass is 9.97. The maximum atomic E-state index is 6.51. The summed E-state index contributed by atoms with van der Waals surface area (Å²) >= 11 is 0. The molecular weight excluding hydrogens is 647 g/mol. The van der Waals surface area contributed by atoms with Crippen LogP contribution in [0.15, 0.2) is 197 Å². The van der Waals surface area contributed by atoms with E-state index in [1.807, 2.05) is 12.1 Å². The summed E-state index contributed by atoms with van der Waals surface area (Å²) in [6, 6.07) is 66.8. The Kier molecular flexibility index (Phi) is 6.55. The lowest BCUT2D eigenvalue weighted by molar-refractivity contribution is 0.669. The lowest BCUT2D eigenvalue weighted by Gasteiger charge is -2.27. The van der Waals surface area contributed by atoms with Gasteiger partial charge >= 0.3 is 0 Å². The molecule has 11 rings (SSSR count). The number of rotatable bonds is 5. The van der Waals surface area contributed by atoms with E-state index in [0.29, 0.717) is 0 Å². The van der Waals surface area contributed by atoms with Gasteiger partial charge in [-0.2, -0.15) is 0 Å². The van der Waals surface area contributed by atoms with Gasteiger partial charge in [-0.3, -0.25) is 0 Å². The highest BCUT2D eigenvalue weighted by atomic mass is 16.3. The smallest absolute Gasteiger partial charge is 0.143 e. The molecule has 0 unspecified atom stereocenters. The van der Waals surface area contributed by atoms with E-state index in [-0.39, 0.29) is 0 Å². The van der Waals surface area contributed by atoms with Crippen LogP contribution in [0.4, 0.5) is 17.1 Å². The zero-order chi connectivity index (χ0) is 34.9. The van der Waals surface area contributed by atoms with Crippen LogP contribution in [0.5, 0.6) is 0 Å². The molecule has 3 nitrogen and oxygen atoms in total. The van der Waals surface area contributed by atoms with Gasteiger partial charge in [0.25, 0.3) is 0 Å². The summed E-state index contributed by atoms with van der Waals surface area (Å²) in [6.45, 7) is 0. The van der Waals surface area contributed by atoms with Gasteiger partial charge in [0, 0.05) is 43.7 Å². The van der Waals surface area contributed by atoms with Gasteiger partial charge in [-0.15, -0.1) is 0 Å². The third-order valence-electron chi connectivity index (χ3n) is 10.7. The van der Waals surface area contributed by atoms with Crippen LogP contribution in [0, 0.1) is 0 Å². The number of anilines is 3. The number of hydrogen-bond acceptors (Lipinski definition) is 3. The first-order chi connectivity index (χ1) is 26.3. The molecule has 2 aromatic heterocycles. The Balaban J connectivity index is 1.04. The van der Waals surface area contributed by atoms with Gasteiger partial charge in [0.2, 0.25) is 0 Å². The molecule has 9 aromatic carbocycles. The molecule has 0 bridgehead atoms. The molecule has 0 atom stereocenters. The summed E-state index contributed by atoms with van der Waals surface area (Å²) in [7, 11) is 0. The molecule has 0 radical (unpaired) electrons. The van der Waals surface area contributed by atoms with Gasteiger partial charge in [-0.1, -0.05) is 133 Å². The highest BCUT2D eigenvalue weighted by molar-refractivity contribution is 6.19. The van der Waals surface area contributed by atoms with E-state index in [9.17, 15) is 0 Å². The van der Waals surface area contributed by atoms with Crippen LogP contribution in [0.1, 0.15) is 0 Å². The van der Waals surface area contributed by atoms with Crippen LogP contribution in [0.3, 0.4) is 0 Å². The predicted octanol–water partition coefficient (Wildman–Crippen LogP) is 14.6. The summed E-state index contributed by atoms with van der Waals surface area (Å²) in [5.74, 6) is 0. The molecule has 0 aliphatic carbocycles. The summed E-state index contributed by atoms with van der Waals surface area (Å²) in [6.07, 6.45) is 0. The minimum atomic E-state index is 0.898. The standard InChI is InChI=1S/C50H31NO2/c1-3-13-38-32(10-1)12-7-18-44(38)51(36-27-22-34(23-28-36)39-16-8-20-46-48(39)42-15-5-6-19-45(42)52-46)37-29-24-35(25-30-37)40-17-9-21-47-49(40)43-31-26-33-11-2-4-14-41(33)50(43)53-47/h1-31H. The first-order valence-corrected chi connectivity index (χ1v) is 18.0. The van der Waals surface area contributed by atoms with Crippen molar-refractivity contribution in [2.24, 2.45) is 0 Å². The number of hydrogen-bond donors (Lipinski definition) is 0. The number of furan rings is 2. The van der Waals surface area contributed by atoms with Crippen molar-refractivity contribution >= 4 is 82.5 Å². The maximum absolute atomic E-state index is 6.51. The number of benzene rings is 9. The second kappa shape index (κ2) is 11.7. The first kappa shape index (κ1) is 29.6. The zero-order valence-electron chi connectivity index (χ0n) is 28.7. The molecule has 3 heteroatoms. The van der Waals surface area contributed by atoms with Crippen molar-refractivity contribution in [2.45, 2.75) is 0 Å². The zero-order valence-corrected chi connectivity index (χ0v) is 28.7. The van der Waals surface area contributed by atoms with Gasteiger partial charge in [0.05, 0.1) is 5.69 Å². The molecule has 53 heavy (non-hydrogen) atoms. The predicted molar refractivity (Wildman–Crippen MR) is 222 cm³/mol. The van der Waals surface area contributed by atoms with Gasteiger partial charge < -0.3 is 13.7 Å². The van der Waals surface area contributed by atoms with E-state index >= 15 is 0 Å². The topological polar surface area (TPSA) is 29.5 Å². The van der Waals surface area contributed by atoms with Gasteiger partial charge in [-0.05, 0) is 87.6 Å². The van der Waals surface area contributed by atoms with Gasteiger partial charge in [-0.25, -0.2) is 0 Å². The van der Waals surface area contributed by atoms with Crippen LogP contribution in [-0.2, 0) is 0 Å². The largest absolute Gasteiger partial charge is 0.456 e. The number of fused-ring (bicyclic) bond motifs is 9. The Morgan fingerprint density at radius 1 is 0.321 bits per heavy atom. The monoisotopic (exact) mass is 677 g/mol. The first-order valence-electron chi connectivity index (χ1n) is 18.0. The molecule has 0 aliphatic heterocycles. The average molecular weight is 678 g/mol. The maximum Gasteiger partial charge on any atom is 0.143 e. The minimum Gasteiger partial charge on any atom is -0.456 e. The molecule has 0 N–H and O–H groups in total. The normalized spacial score (nSPS) is 11.8. The van der Waals surface area contributed by atoms with Crippen LogP contribution >= 0.6 is 0 Å². The molecule has 0 aliphatic rings. The Morgan fingerprint density at radius 3 is 1.53 bits per heavy atom. The van der Waals surface area contributed by atoms with Crippen molar-refractivity contribution in [3.8, 4) is 22.3 Å². The lowest BCUT2D eigenvalue weighted by Crippen LogP contribution is -2.10. The SMILES string of the molecule is c1ccc2c(N(c3ccc(-c4cccc5oc6ccccc6c45)cc3)c3ccc(-c4cccc5oc6c7ccccc7ccc6c45)cc3)cccc2c1. The van der Waals surface area contributed by atoms with E-state index in [2.05, 4.69) is 181 Å². The quantitative estimate of drug-likeness (QED) is 0.182. The van der Waals surface area contributed by atoms with Crippen LogP contribution in [0.25, 0.3) is 87.7 Å². The van der Waals surface area contributed by atoms with Crippen molar-refractivity contribution in [3.63, 3.8) is 0 Å². The highest BCUT2D eigenvalue weighted by Gasteiger charge is 2.19. The van der Waals surface area contributed by atoms with Crippen molar-refractivity contribution in [2.75, 3.05) is 4.90 Å². The summed E-state index contributed by atoms with van der Waals surface area (Å²) in [5.41, 5.74) is 11.5. The van der Waals surface area contributed by atoms with Crippen molar-refractivity contribution < 1.29 is 8.83 Å². The summed E-state index contributed by atoms with van der Waals surface area (Å²) < 4.78 is 12.7. The van der Waals surface area contributed by atoms with Crippen LogP contribution in [-0.4, -0.2) is 0 Å². The Bertz CT molecular complexity index is 3160. The summed E-state index contributed by atoms with van der Waals surface area (Å²) in [5, 5.41) is 9.26. The fourth-order valence-electron chi connectivity index (χ4n) is 8.22. The molecule has 11 aromatic rings. The Labute approximate surface area is 305 Å². The van der Waals surface area contributed by atoms with Crippen LogP contribution < -0.4 is 4.90 Å². The average Bonchev–Trinajstić information content (AvgIpc) is 3.81. The molecule has 0 saturated heterocycles. The van der Waals surface area contributed by atoms with Crippen molar-refractivity contribution in [1.82, 2.24) is 0 Å². The van der Waals surface area contributed by atoms with E-state index in [1.165, 1.54) is 16.2 Å². The van der Waals surface area contributed by atoms with Gasteiger partial charge in [0.1, 0.15) is 22.3 Å². The molecule has 248 valence electrons. The second-order valence-electron chi connectivity index (χ2n) is 13.6. The Hall–Kier alpha value is -7.10. The molecule has 2 heterocycles. The number of para-hydroxylation sites is 1. The fourth-order valence-corrected chi connectivity index (χ4v) is 8.22. The van der Waals surface area contributed by atoms with Crippen molar-refractivity contribution in [1.29, 1.82) is 0 Å². The summed E-state index contributed by atoms with van der Waals surface area (Å²) in [4.78, 5) is 2.36. The fraction of sp³-hybridized carbons (Fsp3) is 0. The highest BCUT2D eigenvalue weighted by Crippen LogP contribution is 2.43. The van der Waals surface area contributed by atoms with E-state index in [1.54, 1.807) is 0 Å². The third-order valence-corrected chi connectivity index (χ3v) is 10.7. The van der Waals surface area contributed by atoms with E-state index in [0.717, 1.165) is 88.6 Å². The van der Waals surface area contributed by atoms with Gasteiger partial charge in [0.15, 0.2) is 0 Å². The molecular formula is C50H31NO2. The van der Waals surface area contributed by atoms with E-state index < -0.39 is 0 Å². The molecule has 0 spiro atoms. The van der Waals surface area contributed by atoms with E-state index in [4.69, 9.17) is 8.83 Å². The number of nitrogens with zero attached hydrogens (tertiary/aromatic N) is 1. The minimum absolute atomic E-state index is 0.898. The molecule has 0 fully saturated rings. The van der Waals surface area contributed by atoms with Crippen LogP contribution in [0.2, 0.25) is 0 Å². The van der Waals surface area contributed by atoms with Crippen molar-refractivity contribution in [3.05, 3.63) is 188 Å².